The SMILES string of the molecule is COc1ccc(N2CCN(CCNC(=O)c3cc(OC)c(OC)c(OC)c3)CC2)cc1. The molecule has 0 saturated carbocycles. The molecule has 2 aromatic rings. The van der Waals surface area contributed by atoms with E-state index in [9.17, 15) is 4.79 Å². The van der Waals surface area contributed by atoms with Crippen molar-refractivity contribution in [3.8, 4) is 23.0 Å². The van der Waals surface area contributed by atoms with E-state index in [1.807, 2.05) is 12.1 Å². The molecule has 8 nitrogen and oxygen atoms in total. The molecular formula is C23H31N3O5. The molecule has 0 aliphatic carbocycles. The molecule has 1 N–H and O–H groups in total. The van der Waals surface area contributed by atoms with E-state index in [2.05, 4.69) is 27.2 Å². The smallest absolute Gasteiger partial charge is 0.251 e. The van der Waals surface area contributed by atoms with Gasteiger partial charge in [0.25, 0.3) is 5.91 Å². The van der Waals surface area contributed by atoms with Crippen molar-refractivity contribution < 1.29 is 23.7 Å². The highest BCUT2D eigenvalue weighted by molar-refractivity contribution is 5.95. The molecule has 168 valence electrons. The van der Waals surface area contributed by atoms with E-state index in [-0.39, 0.29) is 5.91 Å². The highest BCUT2D eigenvalue weighted by Crippen LogP contribution is 2.38. The zero-order chi connectivity index (χ0) is 22.2. The Labute approximate surface area is 183 Å². The van der Waals surface area contributed by atoms with E-state index in [1.54, 1.807) is 19.2 Å². The van der Waals surface area contributed by atoms with Crippen molar-refractivity contribution in [2.24, 2.45) is 0 Å². The minimum Gasteiger partial charge on any atom is -0.497 e. The number of carbonyl (C=O) groups is 1. The number of anilines is 1. The van der Waals surface area contributed by atoms with Crippen LogP contribution >= 0.6 is 0 Å². The molecule has 0 radical (unpaired) electrons. The Hall–Kier alpha value is -3.13. The molecule has 2 aromatic carbocycles. The number of benzene rings is 2. The quantitative estimate of drug-likeness (QED) is 0.656. The first kappa shape index (κ1) is 22.6. The van der Waals surface area contributed by atoms with E-state index in [0.717, 1.165) is 38.5 Å². The topological polar surface area (TPSA) is 72.5 Å². The number of hydrogen-bond donors (Lipinski definition) is 1. The van der Waals surface area contributed by atoms with Gasteiger partial charge in [-0.3, -0.25) is 9.69 Å². The Morgan fingerprint density at radius 2 is 1.48 bits per heavy atom. The zero-order valence-electron chi connectivity index (χ0n) is 18.6. The van der Waals surface area contributed by atoms with E-state index >= 15 is 0 Å². The molecule has 3 rings (SSSR count). The number of carbonyl (C=O) groups excluding carboxylic acids is 1. The largest absolute Gasteiger partial charge is 0.497 e. The summed E-state index contributed by atoms with van der Waals surface area (Å²) in [5.41, 5.74) is 1.68. The third kappa shape index (κ3) is 5.52. The van der Waals surface area contributed by atoms with Gasteiger partial charge in [0.2, 0.25) is 5.75 Å². The first-order valence-electron chi connectivity index (χ1n) is 10.3. The third-order valence-corrected chi connectivity index (χ3v) is 5.45. The minimum absolute atomic E-state index is 0.170. The lowest BCUT2D eigenvalue weighted by atomic mass is 10.1. The first-order valence-corrected chi connectivity index (χ1v) is 10.3. The highest BCUT2D eigenvalue weighted by atomic mass is 16.5. The summed E-state index contributed by atoms with van der Waals surface area (Å²) >= 11 is 0. The number of amides is 1. The Morgan fingerprint density at radius 3 is 2.00 bits per heavy atom. The Balaban J connectivity index is 1.48. The highest BCUT2D eigenvalue weighted by Gasteiger charge is 2.19. The lowest BCUT2D eigenvalue weighted by Crippen LogP contribution is -2.48. The van der Waals surface area contributed by atoms with Gasteiger partial charge < -0.3 is 29.2 Å². The third-order valence-electron chi connectivity index (χ3n) is 5.45. The molecule has 8 heteroatoms. The van der Waals surface area contributed by atoms with Crippen molar-refractivity contribution in [3.63, 3.8) is 0 Å². The van der Waals surface area contributed by atoms with Crippen molar-refractivity contribution >= 4 is 11.6 Å². The van der Waals surface area contributed by atoms with Crippen LogP contribution in [0.1, 0.15) is 10.4 Å². The average molecular weight is 430 g/mol. The molecule has 1 heterocycles. The van der Waals surface area contributed by atoms with Crippen LogP contribution in [0, 0.1) is 0 Å². The summed E-state index contributed by atoms with van der Waals surface area (Å²) in [6, 6.07) is 11.5. The molecule has 31 heavy (non-hydrogen) atoms. The van der Waals surface area contributed by atoms with Crippen LogP contribution in [0.25, 0.3) is 0 Å². The molecule has 0 bridgehead atoms. The maximum Gasteiger partial charge on any atom is 0.251 e. The Bertz CT molecular complexity index is 839. The predicted octanol–water partition coefficient (Wildman–Crippen LogP) is 2.27. The van der Waals surface area contributed by atoms with Gasteiger partial charge in [-0.05, 0) is 36.4 Å². The number of piperazine rings is 1. The van der Waals surface area contributed by atoms with Crippen LogP contribution < -0.4 is 29.2 Å². The van der Waals surface area contributed by atoms with E-state index in [0.29, 0.717) is 29.4 Å². The summed E-state index contributed by atoms with van der Waals surface area (Å²) < 4.78 is 21.2. The van der Waals surface area contributed by atoms with Gasteiger partial charge >= 0.3 is 0 Å². The average Bonchev–Trinajstić information content (AvgIpc) is 2.83. The van der Waals surface area contributed by atoms with Gasteiger partial charge in [-0.25, -0.2) is 0 Å². The number of methoxy groups -OCH3 is 4. The van der Waals surface area contributed by atoms with E-state index < -0.39 is 0 Å². The van der Waals surface area contributed by atoms with E-state index in [1.165, 1.54) is 27.0 Å². The molecular weight excluding hydrogens is 398 g/mol. The van der Waals surface area contributed by atoms with Crippen LogP contribution in [0.5, 0.6) is 23.0 Å². The minimum atomic E-state index is -0.170. The fraction of sp³-hybridized carbons (Fsp3) is 0.435. The van der Waals surface area contributed by atoms with Gasteiger partial charge in [0, 0.05) is 50.5 Å². The van der Waals surface area contributed by atoms with Crippen LogP contribution in [-0.4, -0.2) is 78.5 Å². The van der Waals surface area contributed by atoms with Crippen molar-refractivity contribution in [2.75, 3.05) is 72.6 Å². The molecule has 0 unspecified atom stereocenters. The van der Waals surface area contributed by atoms with Crippen LogP contribution in [0.4, 0.5) is 5.69 Å². The Kier molecular flexibility index (Phi) is 7.83. The summed E-state index contributed by atoms with van der Waals surface area (Å²) in [4.78, 5) is 17.3. The molecule has 1 fully saturated rings. The van der Waals surface area contributed by atoms with Gasteiger partial charge in [-0.2, -0.15) is 0 Å². The molecule has 1 aliphatic rings. The number of rotatable bonds is 9. The molecule has 1 aliphatic heterocycles. The molecule has 0 spiro atoms. The van der Waals surface area contributed by atoms with Gasteiger partial charge in [-0.1, -0.05) is 0 Å². The first-order chi connectivity index (χ1) is 15.1. The van der Waals surface area contributed by atoms with Crippen LogP contribution in [-0.2, 0) is 0 Å². The van der Waals surface area contributed by atoms with Crippen molar-refractivity contribution in [2.45, 2.75) is 0 Å². The fourth-order valence-electron chi connectivity index (χ4n) is 3.66. The summed E-state index contributed by atoms with van der Waals surface area (Å²) in [7, 11) is 6.28. The number of nitrogens with zero attached hydrogens (tertiary/aromatic N) is 2. The predicted molar refractivity (Wildman–Crippen MR) is 120 cm³/mol. The van der Waals surface area contributed by atoms with Crippen LogP contribution in [0.2, 0.25) is 0 Å². The fourth-order valence-corrected chi connectivity index (χ4v) is 3.66. The molecule has 0 aromatic heterocycles. The van der Waals surface area contributed by atoms with Crippen LogP contribution in [0.3, 0.4) is 0 Å². The lowest BCUT2D eigenvalue weighted by molar-refractivity contribution is 0.0947. The zero-order valence-corrected chi connectivity index (χ0v) is 18.6. The van der Waals surface area contributed by atoms with Gasteiger partial charge in [0.1, 0.15) is 5.75 Å². The summed E-state index contributed by atoms with van der Waals surface area (Å²) in [5.74, 6) is 2.08. The monoisotopic (exact) mass is 429 g/mol. The second-order valence-corrected chi connectivity index (χ2v) is 7.20. The number of hydrogen-bond acceptors (Lipinski definition) is 7. The summed E-state index contributed by atoms with van der Waals surface area (Å²) in [6.45, 7) is 5.17. The maximum atomic E-state index is 12.6. The van der Waals surface area contributed by atoms with E-state index in [4.69, 9.17) is 18.9 Å². The number of ether oxygens (including phenoxy) is 4. The Morgan fingerprint density at radius 1 is 0.871 bits per heavy atom. The molecule has 1 saturated heterocycles. The second kappa shape index (κ2) is 10.8. The molecule has 0 atom stereocenters. The van der Waals surface area contributed by atoms with Crippen molar-refractivity contribution in [3.05, 3.63) is 42.0 Å². The standard InChI is InChI=1S/C23H31N3O5/c1-28-19-7-5-18(6-8-19)26-13-11-25(12-14-26)10-9-24-23(27)17-15-20(29-2)22(31-4)21(16-17)30-3/h5-8,15-16H,9-14H2,1-4H3,(H,24,27). The second-order valence-electron chi connectivity index (χ2n) is 7.20. The van der Waals surface area contributed by atoms with Crippen LogP contribution in [0.15, 0.2) is 36.4 Å². The lowest BCUT2D eigenvalue weighted by Gasteiger charge is -2.36. The molecule has 1 amide bonds. The summed E-state index contributed by atoms with van der Waals surface area (Å²) in [5, 5.41) is 2.98. The van der Waals surface area contributed by atoms with Gasteiger partial charge in [0.15, 0.2) is 11.5 Å². The van der Waals surface area contributed by atoms with Crippen molar-refractivity contribution in [1.82, 2.24) is 10.2 Å². The number of nitrogens with one attached hydrogen (secondary N) is 1. The normalized spacial score (nSPS) is 14.1. The summed E-state index contributed by atoms with van der Waals surface area (Å²) in [6.07, 6.45) is 0. The van der Waals surface area contributed by atoms with Crippen molar-refractivity contribution in [1.29, 1.82) is 0 Å². The maximum absolute atomic E-state index is 12.6. The van der Waals surface area contributed by atoms with Gasteiger partial charge in [0.05, 0.1) is 28.4 Å². The van der Waals surface area contributed by atoms with Gasteiger partial charge in [-0.15, -0.1) is 0 Å².